The van der Waals surface area contributed by atoms with Gasteiger partial charge in [-0.2, -0.15) is 0 Å². The zero-order valence-electron chi connectivity index (χ0n) is 11.8. The lowest BCUT2D eigenvalue weighted by Gasteiger charge is -2.15. The first-order chi connectivity index (χ1) is 9.97. The van der Waals surface area contributed by atoms with E-state index in [1.165, 1.54) is 26.4 Å². The average Bonchev–Trinajstić information content (AvgIpc) is 2.96. The Morgan fingerprint density at radius 1 is 1.24 bits per heavy atom. The van der Waals surface area contributed by atoms with E-state index in [1.807, 2.05) is 0 Å². The molecule has 1 aromatic heterocycles. The minimum absolute atomic E-state index is 0.0945. The van der Waals surface area contributed by atoms with Crippen LogP contribution in [0.25, 0.3) is 0 Å². The van der Waals surface area contributed by atoms with Crippen molar-refractivity contribution in [3.8, 4) is 11.5 Å². The molecule has 0 amide bonds. The lowest BCUT2D eigenvalue weighted by molar-refractivity contribution is -0.402. The maximum absolute atomic E-state index is 10.6. The molecule has 7 nitrogen and oxygen atoms in total. The van der Waals surface area contributed by atoms with Crippen LogP contribution in [0.3, 0.4) is 0 Å². The lowest BCUT2D eigenvalue weighted by atomic mass is 10.0. The van der Waals surface area contributed by atoms with Crippen LogP contribution in [0.15, 0.2) is 28.7 Å². The zero-order valence-corrected chi connectivity index (χ0v) is 11.8. The van der Waals surface area contributed by atoms with Crippen molar-refractivity contribution >= 4 is 5.88 Å². The van der Waals surface area contributed by atoms with Crippen molar-refractivity contribution in [2.24, 2.45) is 0 Å². The van der Waals surface area contributed by atoms with E-state index in [1.54, 1.807) is 19.1 Å². The fraction of sp³-hybridized carbons (Fsp3) is 0.286. The maximum Gasteiger partial charge on any atom is 0.433 e. The molecule has 2 aromatic rings. The summed E-state index contributed by atoms with van der Waals surface area (Å²) in [6.45, 7) is 1.79. The molecule has 1 N–H and O–H groups in total. The molecule has 0 saturated carbocycles. The molecule has 1 aromatic carbocycles. The lowest BCUT2D eigenvalue weighted by Crippen LogP contribution is -2.03. The molecule has 1 unspecified atom stereocenters. The van der Waals surface area contributed by atoms with Crippen molar-refractivity contribution in [2.45, 2.75) is 13.0 Å². The number of hydrogen-bond acceptors (Lipinski definition) is 6. The van der Waals surface area contributed by atoms with Gasteiger partial charge in [-0.25, -0.2) is 0 Å². The molecule has 0 fully saturated rings. The molecule has 7 heteroatoms. The topological polar surface area (TPSA) is 95.0 Å². The number of nitrogens with zero attached hydrogens (tertiary/aromatic N) is 1. The second-order valence-corrected chi connectivity index (χ2v) is 4.40. The van der Waals surface area contributed by atoms with Gasteiger partial charge in [-0.3, -0.25) is 10.1 Å². The van der Waals surface area contributed by atoms with Gasteiger partial charge in [0.25, 0.3) is 0 Å². The second-order valence-electron chi connectivity index (χ2n) is 4.40. The molecule has 112 valence electrons. The Hall–Kier alpha value is -2.54. The van der Waals surface area contributed by atoms with Crippen molar-refractivity contribution in [1.29, 1.82) is 0 Å². The van der Waals surface area contributed by atoms with Gasteiger partial charge in [0.15, 0.2) is 11.5 Å². The van der Waals surface area contributed by atoms with Crippen LogP contribution in [0.2, 0.25) is 0 Å². The Labute approximate surface area is 120 Å². The van der Waals surface area contributed by atoms with Gasteiger partial charge < -0.3 is 19.0 Å². The predicted octanol–water partition coefficient (Wildman–Crippen LogP) is 2.60. The van der Waals surface area contributed by atoms with E-state index in [0.717, 1.165) is 5.56 Å². The summed E-state index contributed by atoms with van der Waals surface area (Å²) >= 11 is 0. The van der Waals surface area contributed by atoms with Crippen molar-refractivity contribution in [3.63, 3.8) is 0 Å². The summed E-state index contributed by atoms with van der Waals surface area (Å²) in [4.78, 5) is 9.96. The fourth-order valence-electron chi connectivity index (χ4n) is 2.03. The number of aliphatic hydroxyl groups is 1. The van der Waals surface area contributed by atoms with Gasteiger partial charge in [0.05, 0.1) is 20.3 Å². The largest absolute Gasteiger partial charge is 0.493 e. The highest BCUT2D eigenvalue weighted by molar-refractivity contribution is 5.49. The van der Waals surface area contributed by atoms with Crippen LogP contribution in [-0.2, 0) is 0 Å². The van der Waals surface area contributed by atoms with Crippen molar-refractivity contribution < 1.29 is 23.9 Å². The number of methoxy groups -OCH3 is 2. The first-order valence-corrected chi connectivity index (χ1v) is 6.12. The normalized spacial score (nSPS) is 12.0. The molecule has 1 atom stereocenters. The molecule has 0 bridgehead atoms. The number of benzene rings is 1. The van der Waals surface area contributed by atoms with Crippen LogP contribution >= 0.6 is 0 Å². The van der Waals surface area contributed by atoms with Crippen LogP contribution < -0.4 is 9.47 Å². The highest BCUT2D eigenvalue weighted by atomic mass is 16.6. The van der Waals surface area contributed by atoms with E-state index in [-0.39, 0.29) is 5.76 Å². The Balaban J connectivity index is 2.42. The third-order valence-electron chi connectivity index (χ3n) is 3.13. The summed E-state index contributed by atoms with van der Waals surface area (Å²) in [7, 11) is 3.00. The van der Waals surface area contributed by atoms with Crippen molar-refractivity contribution in [3.05, 3.63) is 51.3 Å². The Morgan fingerprint density at radius 3 is 2.38 bits per heavy atom. The van der Waals surface area contributed by atoms with Crippen LogP contribution in [0.5, 0.6) is 11.5 Å². The second kappa shape index (κ2) is 5.84. The summed E-state index contributed by atoms with van der Waals surface area (Å²) in [5.41, 5.74) is 1.27. The molecular weight excluding hydrogens is 278 g/mol. The molecular formula is C14H15NO6. The van der Waals surface area contributed by atoms with E-state index in [0.29, 0.717) is 17.1 Å². The fourth-order valence-corrected chi connectivity index (χ4v) is 2.03. The Bertz CT molecular complexity index is 663. The number of ether oxygens (including phenoxy) is 2. The standard InChI is InChI=1S/C14H15NO6/c1-8-6-11(19-2)12(20-3)7-9(8)14(16)10-4-5-13(21-10)15(17)18/h4-7,14,16H,1-3H3. The SMILES string of the molecule is COc1cc(C)c(C(O)c2ccc([N+](=O)[O-])o2)cc1OC. The van der Waals surface area contributed by atoms with Crippen LogP contribution in [0, 0.1) is 17.0 Å². The molecule has 21 heavy (non-hydrogen) atoms. The van der Waals surface area contributed by atoms with Crippen LogP contribution in [0.4, 0.5) is 5.88 Å². The summed E-state index contributed by atoms with van der Waals surface area (Å²) in [6, 6.07) is 5.91. The molecule has 0 radical (unpaired) electrons. The minimum atomic E-state index is -1.13. The van der Waals surface area contributed by atoms with Crippen LogP contribution in [-0.4, -0.2) is 24.2 Å². The molecule has 0 spiro atoms. The van der Waals surface area contributed by atoms with Crippen LogP contribution in [0.1, 0.15) is 23.0 Å². The van der Waals surface area contributed by atoms with Crippen molar-refractivity contribution in [1.82, 2.24) is 0 Å². The average molecular weight is 293 g/mol. The third kappa shape index (κ3) is 2.82. The van der Waals surface area contributed by atoms with Gasteiger partial charge in [0.1, 0.15) is 16.8 Å². The summed E-state index contributed by atoms with van der Waals surface area (Å²) in [6.07, 6.45) is -1.13. The Kier molecular flexibility index (Phi) is 4.13. The number of nitro groups is 1. The number of aryl methyl sites for hydroxylation is 1. The van der Waals surface area contributed by atoms with E-state index in [2.05, 4.69) is 0 Å². The monoisotopic (exact) mass is 293 g/mol. The van der Waals surface area contributed by atoms with Gasteiger partial charge in [0.2, 0.25) is 0 Å². The first-order valence-electron chi connectivity index (χ1n) is 6.12. The van der Waals surface area contributed by atoms with E-state index >= 15 is 0 Å². The van der Waals surface area contributed by atoms with Crippen molar-refractivity contribution in [2.75, 3.05) is 14.2 Å². The van der Waals surface area contributed by atoms with Gasteiger partial charge in [-0.15, -0.1) is 0 Å². The number of aliphatic hydroxyl groups excluding tert-OH is 1. The summed E-state index contributed by atoms with van der Waals surface area (Å²) < 4.78 is 15.4. The molecule has 0 aliphatic carbocycles. The molecule has 0 aliphatic heterocycles. The van der Waals surface area contributed by atoms with E-state index in [4.69, 9.17) is 13.9 Å². The third-order valence-corrected chi connectivity index (χ3v) is 3.13. The number of furan rings is 1. The molecule has 0 saturated heterocycles. The molecule has 2 rings (SSSR count). The number of rotatable bonds is 5. The van der Waals surface area contributed by atoms with Gasteiger partial charge >= 0.3 is 5.88 Å². The zero-order chi connectivity index (χ0) is 15.6. The predicted molar refractivity (Wildman–Crippen MR) is 73.7 cm³/mol. The van der Waals surface area contributed by atoms with Gasteiger partial charge in [-0.05, 0) is 36.2 Å². The Morgan fingerprint density at radius 2 is 1.86 bits per heavy atom. The minimum Gasteiger partial charge on any atom is -0.493 e. The smallest absolute Gasteiger partial charge is 0.433 e. The highest BCUT2D eigenvalue weighted by Crippen LogP contribution is 2.36. The summed E-state index contributed by atoms with van der Waals surface area (Å²) in [5.74, 6) is 0.675. The van der Waals surface area contributed by atoms with E-state index in [9.17, 15) is 15.2 Å². The summed E-state index contributed by atoms with van der Waals surface area (Å²) in [5, 5.41) is 21.0. The number of hydrogen-bond donors (Lipinski definition) is 1. The molecule has 1 heterocycles. The van der Waals surface area contributed by atoms with Gasteiger partial charge in [0, 0.05) is 0 Å². The van der Waals surface area contributed by atoms with Gasteiger partial charge in [-0.1, -0.05) is 0 Å². The van der Waals surface area contributed by atoms with E-state index < -0.39 is 16.9 Å². The maximum atomic E-state index is 10.6. The quantitative estimate of drug-likeness (QED) is 0.672. The molecule has 0 aliphatic rings. The first kappa shape index (κ1) is 14.9. The highest BCUT2D eigenvalue weighted by Gasteiger charge is 2.22.